The molecule has 0 radical (unpaired) electrons. The van der Waals surface area contributed by atoms with Crippen LogP contribution in [0, 0.1) is 19.4 Å². The lowest BCUT2D eigenvalue weighted by molar-refractivity contribution is 0.245. The fourth-order valence-corrected chi connectivity index (χ4v) is 2.16. The third-order valence-electron chi connectivity index (χ3n) is 2.03. The Labute approximate surface area is 94.8 Å². The normalized spacial score (nSPS) is 10.6. The molecular formula is C11H11NO3S. The molecule has 5 heteroatoms. The highest BCUT2D eigenvalue weighted by Crippen LogP contribution is 2.14. The molecule has 0 aliphatic rings. The summed E-state index contributed by atoms with van der Waals surface area (Å²) in [6.07, 6.45) is 4.96. The van der Waals surface area contributed by atoms with E-state index in [2.05, 4.69) is 0 Å². The Morgan fingerprint density at radius 1 is 1.31 bits per heavy atom. The number of carbonyl (C=O) groups excluding carboxylic acids is 1. The largest absolute Gasteiger partial charge is 0.354 e. The minimum Gasteiger partial charge on any atom is -0.261 e. The van der Waals surface area contributed by atoms with E-state index in [0.29, 0.717) is 4.90 Å². The maximum Gasteiger partial charge on any atom is 0.354 e. The number of aryl methyl sites for hydroxylation is 1. The van der Waals surface area contributed by atoms with Crippen molar-refractivity contribution in [2.75, 3.05) is 7.05 Å². The maximum absolute atomic E-state index is 11.8. The Hall–Kier alpha value is -1.80. The van der Waals surface area contributed by atoms with E-state index >= 15 is 0 Å². The van der Waals surface area contributed by atoms with Gasteiger partial charge in [-0.3, -0.25) is 9.69 Å². The lowest BCUT2D eigenvalue weighted by Gasteiger charge is -2.09. The summed E-state index contributed by atoms with van der Waals surface area (Å²) < 4.78 is 23.5. The van der Waals surface area contributed by atoms with Crippen molar-refractivity contribution in [3.05, 3.63) is 29.8 Å². The predicted octanol–water partition coefficient (Wildman–Crippen LogP) is 1.41. The average Bonchev–Trinajstić information content (AvgIpc) is 2.27. The van der Waals surface area contributed by atoms with Gasteiger partial charge in [0.05, 0.1) is 4.90 Å². The van der Waals surface area contributed by atoms with Crippen molar-refractivity contribution >= 4 is 15.1 Å². The van der Waals surface area contributed by atoms with Crippen LogP contribution in [0.5, 0.6) is 0 Å². The molecule has 1 amide bonds. The lowest BCUT2D eigenvalue weighted by atomic mass is 10.2. The highest BCUT2D eigenvalue weighted by atomic mass is 32.2. The molecule has 16 heavy (non-hydrogen) atoms. The molecule has 1 aromatic rings. The average molecular weight is 237 g/mol. The Morgan fingerprint density at radius 3 is 2.25 bits per heavy atom. The van der Waals surface area contributed by atoms with Crippen molar-refractivity contribution in [3.8, 4) is 12.5 Å². The molecule has 0 fully saturated rings. The van der Waals surface area contributed by atoms with Gasteiger partial charge in [-0.2, -0.15) is 0 Å². The topological polar surface area (TPSA) is 54.5 Å². The Morgan fingerprint density at radius 2 is 1.81 bits per heavy atom. The number of benzene rings is 1. The van der Waals surface area contributed by atoms with Crippen LogP contribution in [0.1, 0.15) is 5.56 Å². The number of nitrogens with zero attached hydrogens (tertiary/aromatic N) is 1. The van der Waals surface area contributed by atoms with E-state index in [0.717, 1.165) is 5.56 Å². The Bertz CT molecular complexity index is 538. The van der Waals surface area contributed by atoms with E-state index in [1.165, 1.54) is 19.2 Å². The molecule has 0 atom stereocenters. The van der Waals surface area contributed by atoms with Crippen LogP contribution in [-0.4, -0.2) is 25.6 Å². The number of hydrogen-bond donors (Lipinski definition) is 0. The summed E-state index contributed by atoms with van der Waals surface area (Å²) in [6, 6.07) is 7.96. The van der Waals surface area contributed by atoms with Crippen molar-refractivity contribution in [2.24, 2.45) is 0 Å². The smallest absolute Gasteiger partial charge is 0.261 e. The van der Waals surface area contributed by atoms with Gasteiger partial charge in [-0.05, 0) is 19.1 Å². The molecule has 0 aromatic heterocycles. The number of hydrogen-bond acceptors (Lipinski definition) is 3. The highest BCUT2D eigenvalue weighted by Gasteiger charge is 2.27. The van der Waals surface area contributed by atoms with Crippen LogP contribution in [0.3, 0.4) is 0 Å². The van der Waals surface area contributed by atoms with Crippen molar-refractivity contribution in [3.63, 3.8) is 0 Å². The molecule has 0 spiro atoms. The van der Waals surface area contributed by atoms with E-state index in [4.69, 9.17) is 6.42 Å². The zero-order valence-corrected chi connectivity index (χ0v) is 9.78. The van der Waals surface area contributed by atoms with E-state index in [-0.39, 0.29) is 4.90 Å². The molecule has 1 aromatic carbocycles. The standard InChI is InChI=1S/C11H11NO3S/c1-4-12(3)11(13)16(14,15)10-7-5-9(2)6-8-10/h1,5-8H,2-3H3. The molecule has 0 saturated carbocycles. The van der Waals surface area contributed by atoms with Gasteiger partial charge in [0.25, 0.3) is 9.84 Å². The molecule has 0 heterocycles. The second kappa shape index (κ2) is 4.37. The molecule has 0 aliphatic heterocycles. The van der Waals surface area contributed by atoms with Crippen molar-refractivity contribution in [1.29, 1.82) is 0 Å². The quantitative estimate of drug-likeness (QED) is 0.548. The zero-order chi connectivity index (χ0) is 12.3. The lowest BCUT2D eigenvalue weighted by Crippen LogP contribution is -2.28. The van der Waals surface area contributed by atoms with Crippen LogP contribution in [0.25, 0.3) is 0 Å². The van der Waals surface area contributed by atoms with Gasteiger partial charge in [-0.15, -0.1) is 0 Å². The summed E-state index contributed by atoms with van der Waals surface area (Å²) in [5.41, 5.74) is 0.914. The number of sulfone groups is 1. The molecule has 4 nitrogen and oxygen atoms in total. The highest BCUT2D eigenvalue weighted by molar-refractivity contribution is 8.06. The van der Waals surface area contributed by atoms with Crippen molar-refractivity contribution < 1.29 is 13.2 Å². The van der Waals surface area contributed by atoms with Crippen molar-refractivity contribution in [1.82, 2.24) is 4.90 Å². The summed E-state index contributed by atoms with van der Waals surface area (Å²) in [7, 11) is -2.79. The number of amides is 1. The second-order valence-corrected chi connectivity index (χ2v) is 5.10. The SMILES string of the molecule is C#CN(C)C(=O)S(=O)(=O)c1ccc(C)cc1. The van der Waals surface area contributed by atoms with Gasteiger partial charge in [0.2, 0.25) is 0 Å². The molecule has 0 saturated heterocycles. The molecule has 0 aliphatic carbocycles. The first kappa shape index (κ1) is 12.3. The van der Waals surface area contributed by atoms with Gasteiger partial charge in [0, 0.05) is 13.1 Å². The van der Waals surface area contributed by atoms with Crippen LogP contribution in [0.2, 0.25) is 0 Å². The van der Waals surface area contributed by atoms with Gasteiger partial charge in [-0.1, -0.05) is 24.1 Å². The molecule has 0 bridgehead atoms. The minimum absolute atomic E-state index is 0.0507. The second-order valence-electron chi connectivity index (χ2n) is 3.27. The summed E-state index contributed by atoms with van der Waals surface area (Å²) >= 11 is 0. The fourth-order valence-electron chi connectivity index (χ4n) is 1.05. The van der Waals surface area contributed by atoms with E-state index in [1.54, 1.807) is 12.1 Å². The van der Waals surface area contributed by atoms with E-state index in [1.807, 2.05) is 13.0 Å². The summed E-state index contributed by atoms with van der Waals surface area (Å²) in [6.45, 7) is 1.83. The summed E-state index contributed by atoms with van der Waals surface area (Å²) in [5, 5.41) is -1.10. The minimum atomic E-state index is -4.02. The zero-order valence-electron chi connectivity index (χ0n) is 8.97. The maximum atomic E-state index is 11.8. The third kappa shape index (κ3) is 2.23. The van der Waals surface area contributed by atoms with E-state index < -0.39 is 15.1 Å². The van der Waals surface area contributed by atoms with Crippen LogP contribution in [0.4, 0.5) is 4.79 Å². The number of carbonyl (C=O) groups is 1. The van der Waals surface area contributed by atoms with Crippen LogP contribution in [-0.2, 0) is 9.84 Å². The van der Waals surface area contributed by atoms with Gasteiger partial charge in [-0.25, -0.2) is 8.42 Å². The van der Waals surface area contributed by atoms with Gasteiger partial charge in [0.1, 0.15) is 0 Å². The van der Waals surface area contributed by atoms with Crippen LogP contribution < -0.4 is 0 Å². The van der Waals surface area contributed by atoms with Gasteiger partial charge < -0.3 is 0 Å². The molecule has 1 rings (SSSR count). The summed E-state index contributed by atoms with van der Waals surface area (Å²) in [4.78, 5) is 12.1. The fraction of sp³-hybridized carbons (Fsp3) is 0.182. The summed E-state index contributed by atoms with van der Waals surface area (Å²) in [5.74, 6) is 0. The van der Waals surface area contributed by atoms with Crippen molar-refractivity contribution in [2.45, 2.75) is 11.8 Å². The van der Waals surface area contributed by atoms with Gasteiger partial charge in [0.15, 0.2) is 0 Å². The first-order valence-corrected chi connectivity index (χ1v) is 5.93. The van der Waals surface area contributed by atoms with Crippen LogP contribution in [0.15, 0.2) is 29.2 Å². The number of terminal acetylenes is 1. The number of rotatable bonds is 1. The monoisotopic (exact) mass is 237 g/mol. The van der Waals surface area contributed by atoms with E-state index in [9.17, 15) is 13.2 Å². The first-order chi connectivity index (χ1) is 7.39. The molecule has 84 valence electrons. The third-order valence-corrected chi connectivity index (χ3v) is 3.66. The molecule has 0 unspecified atom stereocenters. The van der Waals surface area contributed by atoms with Crippen LogP contribution >= 0.6 is 0 Å². The first-order valence-electron chi connectivity index (χ1n) is 4.45. The molecular weight excluding hydrogens is 226 g/mol. The molecule has 0 N–H and O–H groups in total. The predicted molar refractivity (Wildman–Crippen MR) is 60.4 cm³/mol. The van der Waals surface area contributed by atoms with Gasteiger partial charge >= 0.3 is 5.24 Å². The Kier molecular flexibility index (Phi) is 3.35. The Balaban J connectivity index is 3.18.